The maximum absolute atomic E-state index is 13.0. The number of piperazine rings is 1. The van der Waals surface area contributed by atoms with E-state index >= 15 is 0 Å². The van der Waals surface area contributed by atoms with Crippen molar-refractivity contribution in [3.63, 3.8) is 0 Å². The molecular formula is C24H26N4O3. The van der Waals surface area contributed by atoms with E-state index in [0.717, 1.165) is 36.0 Å². The quantitative estimate of drug-likeness (QED) is 0.616. The topological polar surface area (TPSA) is 76.6 Å². The molecule has 160 valence electrons. The van der Waals surface area contributed by atoms with E-state index in [9.17, 15) is 4.79 Å². The van der Waals surface area contributed by atoms with Crippen molar-refractivity contribution < 1.29 is 14.3 Å². The minimum atomic E-state index is -0.117. The van der Waals surface area contributed by atoms with Crippen LogP contribution in [0.5, 0.6) is 11.5 Å². The van der Waals surface area contributed by atoms with E-state index in [-0.39, 0.29) is 11.8 Å². The van der Waals surface area contributed by atoms with Gasteiger partial charge >= 0.3 is 0 Å². The van der Waals surface area contributed by atoms with Crippen molar-refractivity contribution in [3.8, 4) is 11.5 Å². The van der Waals surface area contributed by atoms with Gasteiger partial charge in [-0.3, -0.25) is 9.78 Å². The predicted molar refractivity (Wildman–Crippen MR) is 119 cm³/mol. The fourth-order valence-electron chi connectivity index (χ4n) is 3.87. The van der Waals surface area contributed by atoms with E-state index in [1.807, 2.05) is 37.3 Å². The number of carbonyl (C=O) groups is 1. The first-order valence-electron chi connectivity index (χ1n) is 10.2. The molecule has 7 heteroatoms. The average molecular weight is 418 g/mol. The molecule has 0 saturated carbocycles. The van der Waals surface area contributed by atoms with Gasteiger partial charge in [-0.2, -0.15) is 0 Å². The Morgan fingerprint density at radius 2 is 2.00 bits per heavy atom. The van der Waals surface area contributed by atoms with Gasteiger partial charge in [0.2, 0.25) is 5.78 Å². The Morgan fingerprint density at radius 1 is 1.13 bits per heavy atom. The zero-order valence-corrected chi connectivity index (χ0v) is 18.0. The monoisotopic (exact) mass is 418 g/mol. The minimum Gasteiger partial charge on any atom is -0.497 e. The fourth-order valence-corrected chi connectivity index (χ4v) is 3.87. The Balaban J connectivity index is 1.59. The number of anilines is 1. The van der Waals surface area contributed by atoms with E-state index < -0.39 is 0 Å². The molecule has 1 atom stereocenters. The van der Waals surface area contributed by atoms with Gasteiger partial charge < -0.3 is 19.7 Å². The number of carbonyl (C=O) groups excluding carboxylic acids is 1. The summed E-state index contributed by atoms with van der Waals surface area (Å²) in [6.07, 6.45) is 1.68. The first-order chi connectivity index (χ1) is 15.1. The third-order valence-corrected chi connectivity index (χ3v) is 5.53. The molecule has 0 amide bonds. The molecule has 3 heterocycles. The third-order valence-electron chi connectivity index (χ3n) is 5.53. The second-order valence-electron chi connectivity index (χ2n) is 7.41. The molecule has 1 aromatic carbocycles. The predicted octanol–water partition coefficient (Wildman–Crippen LogP) is 3.18. The average Bonchev–Trinajstić information content (AvgIpc) is 2.83. The zero-order chi connectivity index (χ0) is 21.8. The number of benzene rings is 1. The van der Waals surface area contributed by atoms with Crippen LogP contribution in [0.1, 0.15) is 33.4 Å². The summed E-state index contributed by atoms with van der Waals surface area (Å²) >= 11 is 0. The van der Waals surface area contributed by atoms with Gasteiger partial charge in [0.15, 0.2) is 0 Å². The number of aromatic nitrogens is 2. The number of ketones is 1. The maximum Gasteiger partial charge on any atom is 0.213 e. The summed E-state index contributed by atoms with van der Waals surface area (Å²) < 4.78 is 11.0. The van der Waals surface area contributed by atoms with Gasteiger partial charge in [-0.05, 0) is 49.4 Å². The Labute approximate surface area is 182 Å². The summed E-state index contributed by atoms with van der Waals surface area (Å²) in [7, 11) is 3.32. The fraction of sp³-hybridized carbons (Fsp3) is 0.292. The molecular weight excluding hydrogens is 392 g/mol. The van der Waals surface area contributed by atoms with Crippen molar-refractivity contribution in [2.45, 2.75) is 13.0 Å². The standard InChI is InChI=1S/C24H26N4O3/c1-16-18(6-5-11-25-16)24(29)20-7-4-8-23(27-20)28-13-12-26-21(15-28)19-14-17(30-2)9-10-22(19)31-3/h4-11,14,21,26H,12-13,15H2,1-3H3. The Kier molecular flexibility index (Phi) is 6.13. The molecule has 1 aliphatic rings. The maximum atomic E-state index is 13.0. The molecule has 0 spiro atoms. The zero-order valence-electron chi connectivity index (χ0n) is 18.0. The smallest absolute Gasteiger partial charge is 0.213 e. The summed E-state index contributed by atoms with van der Waals surface area (Å²) in [5, 5.41) is 3.55. The molecule has 0 aliphatic carbocycles. The molecule has 1 fully saturated rings. The second kappa shape index (κ2) is 9.14. The van der Waals surface area contributed by atoms with Crippen LogP contribution in [0.2, 0.25) is 0 Å². The van der Waals surface area contributed by atoms with Crippen LogP contribution >= 0.6 is 0 Å². The summed E-state index contributed by atoms with van der Waals surface area (Å²) in [6, 6.07) is 15.0. The highest BCUT2D eigenvalue weighted by molar-refractivity contribution is 6.08. The summed E-state index contributed by atoms with van der Waals surface area (Å²) in [6.45, 7) is 4.10. The molecule has 1 saturated heterocycles. The molecule has 1 aliphatic heterocycles. The summed E-state index contributed by atoms with van der Waals surface area (Å²) in [5.41, 5.74) is 2.73. The number of hydrogen-bond acceptors (Lipinski definition) is 7. The molecule has 4 rings (SSSR count). The first kappa shape index (κ1) is 20.8. The van der Waals surface area contributed by atoms with Crippen molar-refractivity contribution in [1.82, 2.24) is 15.3 Å². The molecule has 7 nitrogen and oxygen atoms in total. The van der Waals surface area contributed by atoms with Crippen molar-refractivity contribution in [2.24, 2.45) is 0 Å². The highest BCUT2D eigenvalue weighted by Crippen LogP contribution is 2.31. The van der Waals surface area contributed by atoms with Crippen LogP contribution in [0.4, 0.5) is 5.82 Å². The molecule has 3 aromatic rings. The van der Waals surface area contributed by atoms with Crippen molar-refractivity contribution in [3.05, 3.63) is 77.2 Å². The van der Waals surface area contributed by atoms with E-state index in [4.69, 9.17) is 9.47 Å². The Morgan fingerprint density at radius 3 is 2.77 bits per heavy atom. The van der Waals surface area contributed by atoms with Crippen LogP contribution in [-0.2, 0) is 0 Å². The normalized spacial score (nSPS) is 16.1. The summed E-state index contributed by atoms with van der Waals surface area (Å²) in [5.74, 6) is 2.26. The lowest BCUT2D eigenvalue weighted by Gasteiger charge is -2.35. The number of rotatable bonds is 6. The Hall–Kier alpha value is -3.45. The van der Waals surface area contributed by atoms with Gasteiger partial charge in [0.05, 0.1) is 20.3 Å². The molecule has 1 N–H and O–H groups in total. The molecule has 1 unspecified atom stereocenters. The van der Waals surface area contributed by atoms with Gasteiger partial charge in [0.1, 0.15) is 23.0 Å². The van der Waals surface area contributed by atoms with Gasteiger partial charge in [-0.15, -0.1) is 0 Å². The molecule has 2 aromatic heterocycles. The van der Waals surface area contributed by atoms with Crippen LogP contribution in [0.15, 0.2) is 54.7 Å². The van der Waals surface area contributed by atoms with Crippen molar-refractivity contribution >= 4 is 11.6 Å². The van der Waals surface area contributed by atoms with Crippen LogP contribution in [0.25, 0.3) is 0 Å². The summed E-state index contributed by atoms with van der Waals surface area (Å²) in [4.78, 5) is 24.1. The van der Waals surface area contributed by atoms with Gasteiger partial charge in [0.25, 0.3) is 0 Å². The number of hydrogen-bond donors (Lipinski definition) is 1. The number of methoxy groups -OCH3 is 2. The van der Waals surface area contributed by atoms with Crippen LogP contribution < -0.4 is 19.7 Å². The lowest BCUT2D eigenvalue weighted by Crippen LogP contribution is -2.46. The van der Waals surface area contributed by atoms with Crippen molar-refractivity contribution in [2.75, 3.05) is 38.8 Å². The number of nitrogens with one attached hydrogen (secondary N) is 1. The van der Waals surface area contributed by atoms with E-state index in [1.165, 1.54) is 0 Å². The lowest BCUT2D eigenvalue weighted by molar-refractivity contribution is 0.103. The first-order valence-corrected chi connectivity index (χ1v) is 10.2. The van der Waals surface area contributed by atoms with E-state index in [2.05, 4.69) is 20.2 Å². The largest absolute Gasteiger partial charge is 0.497 e. The third kappa shape index (κ3) is 4.36. The van der Waals surface area contributed by atoms with Gasteiger partial charge in [0, 0.05) is 42.7 Å². The number of aryl methyl sites for hydroxylation is 1. The Bertz CT molecular complexity index is 1090. The second-order valence-corrected chi connectivity index (χ2v) is 7.41. The number of nitrogens with zero attached hydrogens (tertiary/aromatic N) is 3. The number of pyridine rings is 2. The van der Waals surface area contributed by atoms with Crippen LogP contribution in [-0.4, -0.2) is 49.6 Å². The minimum absolute atomic E-state index is 0.0422. The number of ether oxygens (including phenoxy) is 2. The van der Waals surface area contributed by atoms with Crippen LogP contribution in [0, 0.1) is 6.92 Å². The highest BCUT2D eigenvalue weighted by atomic mass is 16.5. The van der Waals surface area contributed by atoms with Crippen LogP contribution in [0.3, 0.4) is 0 Å². The van der Waals surface area contributed by atoms with E-state index in [0.29, 0.717) is 23.5 Å². The molecule has 0 radical (unpaired) electrons. The lowest BCUT2D eigenvalue weighted by atomic mass is 10.0. The highest BCUT2D eigenvalue weighted by Gasteiger charge is 2.25. The molecule has 31 heavy (non-hydrogen) atoms. The van der Waals surface area contributed by atoms with E-state index in [1.54, 1.807) is 38.6 Å². The van der Waals surface area contributed by atoms with Gasteiger partial charge in [-0.25, -0.2) is 4.98 Å². The SMILES string of the molecule is COc1ccc(OC)c(C2CN(c3cccc(C(=O)c4cccnc4C)n3)CCN2)c1. The molecule has 0 bridgehead atoms. The van der Waals surface area contributed by atoms with Crippen molar-refractivity contribution in [1.29, 1.82) is 0 Å². The van der Waals surface area contributed by atoms with Gasteiger partial charge in [-0.1, -0.05) is 6.07 Å².